The number of thioether (sulfide) groups is 1. The maximum Gasteiger partial charge on any atom is 0.148 e. The molecule has 0 fully saturated rings. The molecule has 5 heteroatoms. The summed E-state index contributed by atoms with van der Waals surface area (Å²) >= 11 is 6.00. The first kappa shape index (κ1) is 14.6. The number of hydrogen-bond donors (Lipinski definition) is 1. The third-order valence-corrected chi connectivity index (χ3v) is 4.94. The van der Waals surface area contributed by atoms with Crippen molar-refractivity contribution in [2.75, 3.05) is 29.3 Å². The van der Waals surface area contributed by atoms with Crippen molar-refractivity contribution in [1.82, 2.24) is 0 Å². The molecule has 0 aliphatic heterocycles. The van der Waals surface area contributed by atoms with Gasteiger partial charge >= 0.3 is 0 Å². The second-order valence-corrected chi connectivity index (χ2v) is 7.67. The lowest BCUT2D eigenvalue weighted by atomic mass is 10.0. The molecule has 0 spiro atoms. The monoisotopic (exact) mass is 256 g/mol. The number of thiol groups is 1. The van der Waals surface area contributed by atoms with Crippen molar-refractivity contribution in [3.63, 3.8) is 0 Å². The molecule has 0 radical (unpaired) electrons. The van der Waals surface area contributed by atoms with E-state index in [1.807, 2.05) is 0 Å². The van der Waals surface area contributed by atoms with Gasteiger partial charge in [0.2, 0.25) is 0 Å². The minimum absolute atomic E-state index is 0.287. The molecule has 0 N–H and O–H groups in total. The Bertz CT molecular complexity index is 234. The van der Waals surface area contributed by atoms with Gasteiger partial charge in [-0.25, -0.2) is 8.42 Å². The van der Waals surface area contributed by atoms with E-state index >= 15 is 0 Å². The first-order chi connectivity index (χ1) is 6.37. The van der Waals surface area contributed by atoms with Gasteiger partial charge in [0.15, 0.2) is 0 Å². The van der Waals surface area contributed by atoms with E-state index in [0.717, 1.165) is 11.5 Å². The molecule has 86 valence electrons. The predicted molar refractivity (Wildman–Crippen MR) is 69.2 cm³/mol. The van der Waals surface area contributed by atoms with Crippen LogP contribution in [0.4, 0.5) is 0 Å². The molecule has 0 heterocycles. The third-order valence-electron chi connectivity index (χ3n) is 2.11. The topological polar surface area (TPSA) is 34.1 Å². The fourth-order valence-corrected chi connectivity index (χ4v) is 4.28. The maximum absolute atomic E-state index is 10.9. The molecule has 1 atom stereocenters. The number of sulfone groups is 1. The van der Waals surface area contributed by atoms with E-state index in [1.165, 1.54) is 6.26 Å². The lowest BCUT2D eigenvalue weighted by Gasteiger charge is -2.17. The Morgan fingerprint density at radius 1 is 1.36 bits per heavy atom. The van der Waals surface area contributed by atoms with Gasteiger partial charge in [0.25, 0.3) is 0 Å². The Kier molecular flexibility index (Phi) is 7.34. The Balaban J connectivity index is 3.63. The zero-order chi connectivity index (χ0) is 11.2. The molecule has 2 nitrogen and oxygen atoms in total. The van der Waals surface area contributed by atoms with Crippen molar-refractivity contribution in [2.45, 2.75) is 13.8 Å². The van der Waals surface area contributed by atoms with Gasteiger partial charge in [0.1, 0.15) is 9.84 Å². The smallest absolute Gasteiger partial charge is 0.148 e. The zero-order valence-corrected chi connectivity index (χ0v) is 11.6. The van der Waals surface area contributed by atoms with Gasteiger partial charge in [-0.15, -0.1) is 0 Å². The standard InChI is InChI=1S/C9H20O2S3/c1-8(2)9(6-12)7-13-4-5-14(3,10)11/h8-9,12H,4-7H2,1-3H3. The van der Waals surface area contributed by atoms with Gasteiger partial charge in [-0.3, -0.25) is 0 Å². The van der Waals surface area contributed by atoms with Gasteiger partial charge < -0.3 is 0 Å². The van der Waals surface area contributed by atoms with E-state index in [-0.39, 0.29) is 5.75 Å². The Hall–Kier alpha value is 0.650. The fraction of sp³-hybridized carbons (Fsp3) is 1.00. The predicted octanol–water partition coefficient (Wildman–Crippen LogP) is 1.97. The SMILES string of the molecule is CC(C)C(CS)CSCCS(C)(=O)=O. The minimum Gasteiger partial charge on any atom is -0.229 e. The first-order valence-electron chi connectivity index (χ1n) is 4.73. The molecule has 1 unspecified atom stereocenters. The van der Waals surface area contributed by atoms with Crippen molar-refractivity contribution in [2.24, 2.45) is 11.8 Å². The van der Waals surface area contributed by atoms with Crippen LogP contribution in [-0.4, -0.2) is 37.7 Å². The second-order valence-electron chi connectivity index (χ2n) is 3.89. The third kappa shape index (κ3) is 8.00. The van der Waals surface area contributed by atoms with Gasteiger partial charge in [0.05, 0.1) is 5.75 Å². The summed E-state index contributed by atoms with van der Waals surface area (Å²) in [6, 6.07) is 0. The van der Waals surface area contributed by atoms with Crippen molar-refractivity contribution in [1.29, 1.82) is 0 Å². The normalized spacial score (nSPS) is 14.6. The van der Waals surface area contributed by atoms with E-state index in [0.29, 0.717) is 17.6 Å². The van der Waals surface area contributed by atoms with Crippen LogP contribution in [0.25, 0.3) is 0 Å². The largest absolute Gasteiger partial charge is 0.229 e. The van der Waals surface area contributed by atoms with Gasteiger partial charge in [-0.1, -0.05) is 13.8 Å². The quantitative estimate of drug-likeness (QED) is 0.558. The van der Waals surface area contributed by atoms with E-state index < -0.39 is 9.84 Å². The number of rotatable bonds is 7. The molecule has 0 aromatic rings. The summed E-state index contributed by atoms with van der Waals surface area (Å²) in [6.45, 7) is 4.36. The molecule has 0 aliphatic carbocycles. The van der Waals surface area contributed by atoms with E-state index in [9.17, 15) is 8.42 Å². The molecule has 14 heavy (non-hydrogen) atoms. The van der Waals surface area contributed by atoms with Crippen molar-refractivity contribution < 1.29 is 8.42 Å². The summed E-state index contributed by atoms with van der Waals surface area (Å²) in [4.78, 5) is 0. The average Bonchev–Trinajstić information content (AvgIpc) is 2.01. The van der Waals surface area contributed by atoms with Crippen molar-refractivity contribution in [3.05, 3.63) is 0 Å². The molecule has 0 saturated carbocycles. The maximum atomic E-state index is 10.9. The van der Waals surface area contributed by atoms with Crippen LogP contribution < -0.4 is 0 Å². The Labute approximate surface area is 97.6 Å². The van der Waals surface area contributed by atoms with Gasteiger partial charge in [0, 0.05) is 12.0 Å². The van der Waals surface area contributed by atoms with Crippen LogP contribution >= 0.6 is 24.4 Å². The highest BCUT2D eigenvalue weighted by Crippen LogP contribution is 2.18. The lowest BCUT2D eigenvalue weighted by Crippen LogP contribution is -2.14. The summed E-state index contributed by atoms with van der Waals surface area (Å²) < 4.78 is 21.7. The van der Waals surface area contributed by atoms with Crippen LogP contribution in [-0.2, 0) is 9.84 Å². The molecule has 0 saturated heterocycles. The van der Waals surface area contributed by atoms with Crippen molar-refractivity contribution >= 4 is 34.2 Å². The molecule has 0 aliphatic rings. The van der Waals surface area contributed by atoms with Crippen LogP contribution in [0, 0.1) is 11.8 Å². The highest BCUT2D eigenvalue weighted by molar-refractivity contribution is 8.00. The van der Waals surface area contributed by atoms with E-state index in [4.69, 9.17) is 0 Å². The molecule has 0 rings (SSSR count). The molecule has 0 amide bonds. The van der Waals surface area contributed by atoms with Crippen LogP contribution in [0.5, 0.6) is 0 Å². The summed E-state index contributed by atoms with van der Waals surface area (Å²) in [5.74, 6) is 4.09. The van der Waals surface area contributed by atoms with Crippen LogP contribution in [0.15, 0.2) is 0 Å². The van der Waals surface area contributed by atoms with Crippen LogP contribution in [0.1, 0.15) is 13.8 Å². The second kappa shape index (κ2) is 7.01. The Morgan fingerprint density at radius 3 is 2.29 bits per heavy atom. The number of hydrogen-bond acceptors (Lipinski definition) is 4. The summed E-state index contributed by atoms with van der Waals surface area (Å²) in [7, 11) is -2.79. The zero-order valence-electron chi connectivity index (χ0n) is 9.06. The van der Waals surface area contributed by atoms with E-state index in [1.54, 1.807) is 11.8 Å². The fourth-order valence-electron chi connectivity index (χ4n) is 0.901. The first-order valence-corrected chi connectivity index (χ1v) is 8.58. The highest BCUT2D eigenvalue weighted by atomic mass is 32.2. The lowest BCUT2D eigenvalue weighted by molar-refractivity contribution is 0.473. The molecular formula is C9H20O2S3. The summed E-state index contributed by atoms with van der Waals surface area (Å²) in [5, 5.41) is 0. The van der Waals surface area contributed by atoms with Gasteiger partial charge in [-0.2, -0.15) is 24.4 Å². The molecule has 0 aromatic carbocycles. The molecular weight excluding hydrogens is 236 g/mol. The van der Waals surface area contributed by atoms with E-state index in [2.05, 4.69) is 26.5 Å². The summed E-state index contributed by atoms with van der Waals surface area (Å²) in [5.41, 5.74) is 0. The average molecular weight is 256 g/mol. The summed E-state index contributed by atoms with van der Waals surface area (Å²) in [6.07, 6.45) is 1.28. The van der Waals surface area contributed by atoms with Crippen LogP contribution in [0.3, 0.4) is 0 Å². The van der Waals surface area contributed by atoms with Crippen LogP contribution in [0.2, 0.25) is 0 Å². The molecule has 0 aromatic heterocycles. The van der Waals surface area contributed by atoms with Crippen molar-refractivity contribution in [3.8, 4) is 0 Å². The Morgan fingerprint density at radius 2 is 1.93 bits per heavy atom. The van der Waals surface area contributed by atoms with Gasteiger partial charge in [-0.05, 0) is 23.3 Å². The molecule has 0 bridgehead atoms. The minimum atomic E-state index is -2.79. The highest BCUT2D eigenvalue weighted by Gasteiger charge is 2.11.